The minimum atomic E-state index is -0.519. The highest BCUT2D eigenvalue weighted by molar-refractivity contribution is 5.96. The van der Waals surface area contributed by atoms with Crippen LogP contribution in [-0.2, 0) is 16.1 Å². The first-order valence-electron chi connectivity index (χ1n) is 9.08. The first kappa shape index (κ1) is 19.5. The van der Waals surface area contributed by atoms with E-state index in [-0.39, 0.29) is 12.5 Å². The molecule has 0 aliphatic carbocycles. The van der Waals surface area contributed by atoms with Gasteiger partial charge in [0.05, 0.1) is 18.4 Å². The third-order valence-electron chi connectivity index (χ3n) is 4.69. The monoisotopic (exact) mass is 380 g/mol. The van der Waals surface area contributed by atoms with Crippen LogP contribution in [0.3, 0.4) is 0 Å². The van der Waals surface area contributed by atoms with Crippen molar-refractivity contribution in [2.45, 2.75) is 34.2 Å². The smallest absolute Gasteiger partial charge is 0.340 e. The van der Waals surface area contributed by atoms with Gasteiger partial charge in [-0.1, -0.05) is 12.1 Å². The first-order chi connectivity index (χ1) is 13.3. The topological polar surface area (TPSA) is 73.5 Å². The number of amides is 1. The number of hydrogen-bond acceptors (Lipinski definition) is 4. The van der Waals surface area contributed by atoms with Gasteiger partial charge < -0.3 is 19.0 Å². The second kappa shape index (κ2) is 8.17. The lowest BCUT2D eigenvalue weighted by Gasteiger charge is -2.10. The summed E-state index contributed by atoms with van der Waals surface area (Å²) in [6.45, 7) is 7.82. The summed E-state index contributed by atoms with van der Waals surface area (Å²) in [7, 11) is 0. The second-order valence-corrected chi connectivity index (χ2v) is 6.89. The summed E-state index contributed by atoms with van der Waals surface area (Å²) in [5.74, 6) is -0.0871. The van der Waals surface area contributed by atoms with E-state index in [1.165, 1.54) is 0 Å². The molecule has 1 N–H and O–H groups in total. The standard InChI is InChI=1S/C22H24N2O4/c1-14-7-8-15(2)20(10-14)23-21(25)13-28-22(26)19-11-16(3)24(17(19)4)12-18-6-5-9-27-18/h5-11H,12-13H2,1-4H3,(H,23,25). The average Bonchev–Trinajstić information content (AvgIpc) is 3.26. The van der Waals surface area contributed by atoms with Gasteiger partial charge in [-0.05, 0) is 63.1 Å². The van der Waals surface area contributed by atoms with Gasteiger partial charge in [0.25, 0.3) is 5.91 Å². The summed E-state index contributed by atoms with van der Waals surface area (Å²) in [5, 5.41) is 2.79. The number of aromatic nitrogens is 1. The van der Waals surface area contributed by atoms with Gasteiger partial charge in [-0.25, -0.2) is 4.79 Å². The lowest BCUT2D eigenvalue weighted by Crippen LogP contribution is -2.21. The van der Waals surface area contributed by atoms with Crippen LogP contribution >= 0.6 is 0 Å². The number of anilines is 1. The van der Waals surface area contributed by atoms with Crippen molar-refractivity contribution in [3.63, 3.8) is 0 Å². The van der Waals surface area contributed by atoms with Crippen LogP contribution in [0.25, 0.3) is 0 Å². The van der Waals surface area contributed by atoms with Gasteiger partial charge in [0.15, 0.2) is 6.61 Å². The Hall–Kier alpha value is -3.28. The molecule has 146 valence electrons. The van der Waals surface area contributed by atoms with E-state index >= 15 is 0 Å². The van der Waals surface area contributed by atoms with E-state index in [1.807, 2.05) is 62.6 Å². The van der Waals surface area contributed by atoms with Gasteiger partial charge in [-0.2, -0.15) is 0 Å². The van der Waals surface area contributed by atoms with Crippen LogP contribution in [0.5, 0.6) is 0 Å². The Morgan fingerprint density at radius 1 is 1.11 bits per heavy atom. The van der Waals surface area contributed by atoms with Crippen molar-refractivity contribution in [1.82, 2.24) is 4.57 Å². The van der Waals surface area contributed by atoms with Crippen molar-refractivity contribution in [1.29, 1.82) is 0 Å². The second-order valence-electron chi connectivity index (χ2n) is 6.89. The zero-order valence-corrected chi connectivity index (χ0v) is 16.5. The van der Waals surface area contributed by atoms with E-state index in [2.05, 4.69) is 5.32 Å². The maximum atomic E-state index is 12.5. The van der Waals surface area contributed by atoms with Crippen molar-refractivity contribution in [3.05, 3.63) is 76.5 Å². The van der Waals surface area contributed by atoms with Crippen molar-refractivity contribution < 1.29 is 18.7 Å². The summed E-state index contributed by atoms with van der Waals surface area (Å²) < 4.78 is 12.6. The lowest BCUT2D eigenvalue weighted by atomic mass is 10.1. The normalized spacial score (nSPS) is 10.7. The van der Waals surface area contributed by atoms with Crippen molar-refractivity contribution in [3.8, 4) is 0 Å². The molecule has 6 heteroatoms. The fraction of sp³-hybridized carbons (Fsp3) is 0.273. The number of aryl methyl sites for hydroxylation is 3. The zero-order valence-electron chi connectivity index (χ0n) is 16.5. The number of furan rings is 1. The highest BCUT2D eigenvalue weighted by Crippen LogP contribution is 2.19. The molecule has 0 saturated heterocycles. The van der Waals surface area contributed by atoms with Crippen molar-refractivity contribution >= 4 is 17.6 Å². The molecule has 1 amide bonds. The predicted octanol–water partition coefficient (Wildman–Crippen LogP) is 4.16. The highest BCUT2D eigenvalue weighted by atomic mass is 16.5. The Balaban J connectivity index is 1.63. The molecule has 0 aliphatic rings. The molecule has 0 aliphatic heterocycles. The number of hydrogen-bond donors (Lipinski definition) is 1. The molecule has 6 nitrogen and oxygen atoms in total. The number of nitrogens with zero attached hydrogens (tertiary/aromatic N) is 1. The molecule has 1 aromatic carbocycles. The van der Waals surface area contributed by atoms with Gasteiger partial charge in [0.2, 0.25) is 0 Å². The van der Waals surface area contributed by atoms with Gasteiger partial charge >= 0.3 is 5.97 Å². The Morgan fingerprint density at radius 2 is 1.89 bits per heavy atom. The summed E-state index contributed by atoms with van der Waals surface area (Å²) >= 11 is 0. The minimum Gasteiger partial charge on any atom is -0.467 e. The number of benzene rings is 1. The van der Waals surface area contributed by atoms with Gasteiger partial charge in [0.1, 0.15) is 5.76 Å². The zero-order chi connectivity index (χ0) is 20.3. The van der Waals surface area contributed by atoms with Crippen LogP contribution in [0, 0.1) is 27.7 Å². The molecule has 0 atom stereocenters. The van der Waals surface area contributed by atoms with E-state index < -0.39 is 5.97 Å². The third kappa shape index (κ3) is 4.34. The number of rotatable bonds is 6. The Kier molecular flexibility index (Phi) is 5.68. The van der Waals surface area contributed by atoms with Crippen LogP contribution in [-0.4, -0.2) is 23.1 Å². The maximum Gasteiger partial charge on any atom is 0.340 e. The van der Waals surface area contributed by atoms with E-state index in [4.69, 9.17) is 9.15 Å². The maximum absolute atomic E-state index is 12.5. The van der Waals surface area contributed by atoms with Gasteiger partial charge in [-0.15, -0.1) is 0 Å². The summed E-state index contributed by atoms with van der Waals surface area (Å²) in [4.78, 5) is 24.6. The van der Waals surface area contributed by atoms with Crippen molar-refractivity contribution in [2.24, 2.45) is 0 Å². The number of ether oxygens (including phenoxy) is 1. The Bertz CT molecular complexity index is 1000. The number of carbonyl (C=O) groups excluding carboxylic acids is 2. The highest BCUT2D eigenvalue weighted by Gasteiger charge is 2.19. The molecule has 2 heterocycles. The number of nitrogens with one attached hydrogen (secondary N) is 1. The fourth-order valence-electron chi connectivity index (χ4n) is 3.08. The molecule has 0 spiro atoms. The molecule has 3 aromatic rings. The van der Waals surface area contributed by atoms with E-state index in [1.54, 1.807) is 12.3 Å². The largest absolute Gasteiger partial charge is 0.467 e. The van der Waals surface area contributed by atoms with Crippen molar-refractivity contribution in [2.75, 3.05) is 11.9 Å². The number of carbonyl (C=O) groups is 2. The molecule has 2 aromatic heterocycles. The van der Waals surface area contributed by atoms with Gasteiger partial charge in [0, 0.05) is 17.1 Å². The van der Waals surface area contributed by atoms with E-state index in [9.17, 15) is 9.59 Å². The lowest BCUT2D eigenvalue weighted by molar-refractivity contribution is -0.119. The minimum absolute atomic E-state index is 0.339. The number of esters is 1. The molecule has 0 bridgehead atoms. The molecule has 3 rings (SSSR count). The molecular weight excluding hydrogens is 356 g/mol. The van der Waals surface area contributed by atoms with Crippen LogP contribution in [0.4, 0.5) is 5.69 Å². The average molecular weight is 380 g/mol. The van der Waals surface area contributed by atoms with Crippen LogP contribution in [0.15, 0.2) is 47.1 Å². The molecule has 0 unspecified atom stereocenters. The van der Waals surface area contributed by atoms with Crippen LogP contribution in [0.2, 0.25) is 0 Å². The SMILES string of the molecule is Cc1ccc(C)c(NC(=O)COC(=O)c2cc(C)n(Cc3ccco3)c2C)c1. The molecule has 0 saturated carbocycles. The predicted molar refractivity (Wildman–Crippen MR) is 107 cm³/mol. The van der Waals surface area contributed by atoms with Crippen LogP contribution < -0.4 is 5.32 Å². The quantitative estimate of drug-likeness (QED) is 0.652. The van der Waals surface area contributed by atoms with E-state index in [0.717, 1.165) is 34.0 Å². The molecule has 0 fully saturated rings. The first-order valence-corrected chi connectivity index (χ1v) is 9.08. The summed E-state index contributed by atoms with van der Waals surface area (Å²) in [6.07, 6.45) is 1.62. The van der Waals surface area contributed by atoms with E-state index in [0.29, 0.717) is 12.1 Å². The molecular formula is C22H24N2O4. The molecule has 0 radical (unpaired) electrons. The summed E-state index contributed by atoms with van der Waals surface area (Å²) in [5.41, 5.74) is 4.85. The summed E-state index contributed by atoms with van der Waals surface area (Å²) in [6, 6.07) is 11.3. The van der Waals surface area contributed by atoms with Gasteiger partial charge in [-0.3, -0.25) is 4.79 Å². The third-order valence-corrected chi connectivity index (χ3v) is 4.69. The Labute approximate surface area is 164 Å². The van der Waals surface area contributed by atoms with Crippen LogP contribution in [0.1, 0.15) is 38.6 Å². The fourth-order valence-corrected chi connectivity index (χ4v) is 3.08. The Morgan fingerprint density at radius 3 is 2.61 bits per heavy atom. The molecule has 28 heavy (non-hydrogen) atoms.